The fourth-order valence-electron chi connectivity index (χ4n) is 3.37. The van der Waals surface area contributed by atoms with Crippen LogP contribution in [-0.2, 0) is 17.8 Å². The van der Waals surface area contributed by atoms with Crippen LogP contribution in [0.5, 0.6) is 0 Å². The van der Waals surface area contributed by atoms with Crippen LogP contribution in [0.2, 0.25) is 0 Å². The van der Waals surface area contributed by atoms with Crippen LogP contribution in [0.3, 0.4) is 0 Å². The van der Waals surface area contributed by atoms with E-state index >= 15 is 0 Å². The van der Waals surface area contributed by atoms with E-state index in [9.17, 15) is 4.79 Å². The Kier molecular flexibility index (Phi) is 7.09. The van der Waals surface area contributed by atoms with Crippen molar-refractivity contribution in [1.29, 1.82) is 0 Å². The highest BCUT2D eigenvalue weighted by Gasteiger charge is 2.17. The number of nitrogens with zero attached hydrogens (tertiary/aromatic N) is 2. The number of aryl methyl sites for hydroxylation is 2. The van der Waals surface area contributed by atoms with Crippen molar-refractivity contribution >= 4 is 11.7 Å². The van der Waals surface area contributed by atoms with Crippen LogP contribution >= 0.6 is 0 Å². The maximum atomic E-state index is 13.1. The average molecular weight is 392 g/mol. The lowest BCUT2D eigenvalue weighted by atomic mass is 10.1. The fraction of sp³-hybridized carbons (Fsp3) is 0.292. The van der Waals surface area contributed by atoms with E-state index in [0.29, 0.717) is 19.7 Å². The fourth-order valence-corrected chi connectivity index (χ4v) is 3.37. The monoisotopic (exact) mass is 391 g/mol. The van der Waals surface area contributed by atoms with Gasteiger partial charge in [-0.05, 0) is 42.7 Å². The summed E-state index contributed by atoms with van der Waals surface area (Å²) >= 11 is 0. The van der Waals surface area contributed by atoms with Gasteiger partial charge in [0, 0.05) is 37.8 Å². The van der Waals surface area contributed by atoms with E-state index in [0.717, 1.165) is 29.1 Å². The first-order chi connectivity index (χ1) is 14.1. The summed E-state index contributed by atoms with van der Waals surface area (Å²) in [5, 5.41) is 3.09. The molecule has 2 aromatic carbocycles. The Balaban J connectivity index is 1.76. The quantitative estimate of drug-likeness (QED) is 0.598. The minimum Gasteiger partial charge on any atom is -0.383 e. The van der Waals surface area contributed by atoms with Gasteiger partial charge in [-0.15, -0.1) is 0 Å². The predicted molar refractivity (Wildman–Crippen MR) is 117 cm³/mol. The minimum absolute atomic E-state index is 0.119. The van der Waals surface area contributed by atoms with Crippen LogP contribution in [-0.4, -0.2) is 35.8 Å². The second kappa shape index (κ2) is 9.94. The van der Waals surface area contributed by atoms with E-state index in [4.69, 9.17) is 4.74 Å². The number of aromatic nitrogens is 1. The molecule has 0 bridgehead atoms. The summed E-state index contributed by atoms with van der Waals surface area (Å²) in [4.78, 5) is 14.9. The summed E-state index contributed by atoms with van der Waals surface area (Å²) in [6.07, 6.45) is 2.06. The van der Waals surface area contributed by atoms with Crippen molar-refractivity contribution in [3.8, 4) is 0 Å². The molecule has 2 amide bonds. The molecule has 0 saturated heterocycles. The van der Waals surface area contributed by atoms with Crippen LogP contribution in [0.1, 0.15) is 22.4 Å². The highest BCUT2D eigenvalue weighted by Crippen LogP contribution is 2.20. The number of ether oxygens (including phenoxy) is 1. The zero-order chi connectivity index (χ0) is 20.6. The van der Waals surface area contributed by atoms with E-state index in [1.807, 2.05) is 56.3 Å². The molecule has 152 valence electrons. The van der Waals surface area contributed by atoms with E-state index in [1.54, 1.807) is 12.0 Å². The molecule has 0 radical (unpaired) electrons. The Labute approximate surface area is 172 Å². The lowest BCUT2D eigenvalue weighted by Gasteiger charge is -2.25. The minimum atomic E-state index is -0.119. The van der Waals surface area contributed by atoms with Gasteiger partial charge < -0.3 is 19.5 Å². The van der Waals surface area contributed by atoms with E-state index in [-0.39, 0.29) is 6.03 Å². The van der Waals surface area contributed by atoms with Crippen LogP contribution in [0.4, 0.5) is 10.5 Å². The highest BCUT2D eigenvalue weighted by atomic mass is 16.5. The molecule has 3 rings (SSSR count). The number of carbonyl (C=O) groups is 1. The Bertz CT molecular complexity index is 914. The SMILES string of the molecule is COCCN(Cc1cccn1Cc1ccccc1)C(=O)Nc1c(C)cccc1C. The number of benzene rings is 2. The van der Waals surface area contributed by atoms with Crippen molar-refractivity contribution < 1.29 is 9.53 Å². The van der Waals surface area contributed by atoms with Gasteiger partial charge in [-0.3, -0.25) is 0 Å². The zero-order valence-electron chi connectivity index (χ0n) is 17.4. The number of rotatable bonds is 8. The molecular formula is C24H29N3O2. The van der Waals surface area contributed by atoms with Gasteiger partial charge in [-0.2, -0.15) is 0 Å². The average Bonchev–Trinajstić information content (AvgIpc) is 3.15. The molecule has 0 aliphatic rings. The van der Waals surface area contributed by atoms with Gasteiger partial charge in [0.1, 0.15) is 0 Å². The van der Waals surface area contributed by atoms with E-state index < -0.39 is 0 Å². The molecule has 5 nitrogen and oxygen atoms in total. The summed E-state index contributed by atoms with van der Waals surface area (Å²) in [5.41, 5.74) is 5.30. The smallest absolute Gasteiger partial charge is 0.322 e. The topological polar surface area (TPSA) is 46.5 Å². The zero-order valence-corrected chi connectivity index (χ0v) is 17.4. The molecule has 5 heteroatoms. The second-order valence-corrected chi connectivity index (χ2v) is 7.22. The number of amides is 2. The van der Waals surface area contributed by atoms with Crippen molar-refractivity contribution in [2.24, 2.45) is 0 Å². The van der Waals surface area contributed by atoms with Gasteiger partial charge in [-0.25, -0.2) is 4.79 Å². The Morgan fingerprint density at radius 2 is 1.72 bits per heavy atom. The molecule has 1 aromatic heterocycles. The third-order valence-electron chi connectivity index (χ3n) is 5.04. The summed E-state index contributed by atoms with van der Waals surface area (Å²) in [6.45, 7) is 6.31. The van der Waals surface area contributed by atoms with E-state index in [1.165, 1.54) is 5.56 Å². The lowest BCUT2D eigenvalue weighted by Crippen LogP contribution is -2.37. The Morgan fingerprint density at radius 1 is 1.00 bits per heavy atom. The van der Waals surface area contributed by atoms with Crippen LogP contribution in [0.15, 0.2) is 66.9 Å². The van der Waals surface area contributed by atoms with Gasteiger partial charge in [0.2, 0.25) is 0 Å². The van der Waals surface area contributed by atoms with Crippen LogP contribution in [0.25, 0.3) is 0 Å². The number of urea groups is 1. The summed E-state index contributed by atoms with van der Waals surface area (Å²) < 4.78 is 7.42. The molecule has 3 aromatic rings. The maximum Gasteiger partial charge on any atom is 0.322 e. The molecule has 0 unspecified atom stereocenters. The Morgan fingerprint density at radius 3 is 2.41 bits per heavy atom. The molecule has 0 atom stereocenters. The number of para-hydroxylation sites is 1. The van der Waals surface area contributed by atoms with Gasteiger partial charge in [0.25, 0.3) is 0 Å². The molecule has 0 aliphatic carbocycles. The normalized spacial score (nSPS) is 10.7. The molecule has 29 heavy (non-hydrogen) atoms. The lowest BCUT2D eigenvalue weighted by molar-refractivity contribution is 0.152. The van der Waals surface area contributed by atoms with Gasteiger partial charge >= 0.3 is 6.03 Å². The van der Waals surface area contributed by atoms with Crippen LogP contribution in [0, 0.1) is 13.8 Å². The number of methoxy groups -OCH3 is 1. The molecule has 0 saturated carbocycles. The molecule has 0 aliphatic heterocycles. The number of hydrogen-bond acceptors (Lipinski definition) is 2. The molecule has 1 heterocycles. The summed E-state index contributed by atoms with van der Waals surface area (Å²) in [5.74, 6) is 0. The summed E-state index contributed by atoms with van der Waals surface area (Å²) in [7, 11) is 1.65. The van der Waals surface area contributed by atoms with Gasteiger partial charge in [0.05, 0.1) is 13.2 Å². The first-order valence-electron chi connectivity index (χ1n) is 9.87. The predicted octanol–water partition coefficient (Wildman–Crippen LogP) is 4.83. The van der Waals surface area contributed by atoms with Crippen molar-refractivity contribution in [2.45, 2.75) is 26.9 Å². The first kappa shape index (κ1) is 20.7. The van der Waals surface area contributed by atoms with Gasteiger partial charge in [-0.1, -0.05) is 48.5 Å². The molecule has 1 N–H and O–H groups in total. The maximum absolute atomic E-state index is 13.1. The standard InChI is InChI=1S/C24H29N3O2/c1-19-9-7-10-20(2)23(19)25-24(28)27(15-16-29-3)18-22-13-8-14-26(22)17-21-11-5-4-6-12-21/h4-14H,15-18H2,1-3H3,(H,25,28). The second-order valence-electron chi connectivity index (χ2n) is 7.22. The van der Waals surface area contributed by atoms with Crippen LogP contribution < -0.4 is 5.32 Å². The third kappa shape index (κ3) is 5.48. The van der Waals surface area contributed by atoms with E-state index in [2.05, 4.69) is 34.3 Å². The largest absolute Gasteiger partial charge is 0.383 e. The molecule has 0 fully saturated rings. The molecule has 0 spiro atoms. The van der Waals surface area contributed by atoms with Crippen molar-refractivity contribution in [2.75, 3.05) is 25.6 Å². The number of carbonyl (C=O) groups excluding carboxylic acids is 1. The number of anilines is 1. The third-order valence-corrected chi connectivity index (χ3v) is 5.04. The number of nitrogens with one attached hydrogen (secondary N) is 1. The van der Waals surface area contributed by atoms with Gasteiger partial charge in [0.15, 0.2) is 0 Å². The molecular weight excluding hydrogens is 362 g/mol. The highest BCUT2D eigenvalue weighted by molar-refractivity contribution is 5.91. The summed E-state index contributed by atoms with van der Waals surface area (Å²) in [6, 6.07) is 20.3. The number of hydrogen-bond donors (Lipinski definition) is 1. The van der Waals surface area contributed by atoms with Crippen molar-refractivity contribution in [1.82, 2.24) is 9.47 Å². The van der Waals surface area contributed by atoms with Crippen molar-refractivity contribution in [3.05, 3.63) is 89.2 Å². The first-order valence-corrected chi connectivity index (χ1v) is 9.87. The Hall–Kier alpha value is -3.05. The van der Waals surface area contributed by atoms with Crippen molar-refractivity contribution in [3.63, 3.8) is 0 Å².